The molecule has 1 N–H and O–H groups in total. The fourth-order valence-electron chi connectivity index (χ4n) is 2.22. The van der Waals surface area contributed by atoms with Gasteiger partial charge in [-0.3, -0.25) is 9.59 Å². The summed E-state index contributed by atoms with van der Waals surface area (Å²) in [5.74, 6) is -0.666. The second-order valence-electron chi connectivity index (χ2n) is 5.34. The lowest BCUT2D eigenvalue weighted by Gasteiger charge is -2.06. The highest BCUT2D eigenvalue weighted by atomic mass is 19.1. The van der Waals surface area contributed by atoms with Crippen molar-refractivity contribution in [3.8, 4) is 0 Å². The Morgan fingerprint density at radius 3 is 2.35 bits per heavy atom. The van der Waals surface area contributed by atoms with Gasteiger partial charge < -0.3 is 5.32 Å². The number of amides is 1. The van der Waals surface area contributed by atoms with Crippen LogP contribution in [0, 0.1) is 5.82 Å². The quantitative estimate of drug-likeness (QED) is 0.793. The predicted octanol–water partition coefficient (Wildman–Crippen LogP) is 3.67. The van der Waals surface area contributed by atoms with Crippen molar-refractivity contribution in [1.82, 2.24) is 5.32 Å². The van der Waals surface area contributed by atoms with Crippen molar-refractivity contribution in [1.29, 1.82) is 0 Å². The molecule has 0 fully saturated rings. The average Bonchev–Trinajstić information content (AvgIpc) is 2.59. The van der Waals surface area contributed by atoms with E-state index in [-0.39, 0.29) is 36.9 Å². The van der Waals surface area contributed by atoms with Crippen LogP contribution in [-0.2, 0) is 17.8 Å². The Kier molecular flexibility index (Phi) is 6.03. The van der Waals surface area contributed by atoms with Gasteiger partial charge in [-0.25, -0.2) is 4.39 Å². The second-order valence-corrected chi connectivity index (χ2v) is 5.34. The van der Waals surface area contributed by atoms with Gasteiger partial charge in [0, 0.05) is 30.5 Å². The van der Waals surface area contributed by atoms with Crippen LogP contribution < -0.4 is 5.32 Å². The Morgan fingerprint density at radius 2 is 1.70 bits per heavy atom. The van der Waals surface area contributed by atoms with Crippen LogP contribution in [0.15, 0.2) is 48.5 Å². The molecule has 0 bridgehead atoms. The number of hydrogen-bond donors (Lipinski definition) is 1. The molecule has 0 aliphatic rings. The Balaban J connectivity index is 1.79. The summed E-state index contributed by atoms with van der Waals surface area (Å²) in [4.78, 5) is 23.8. The summed E-state index contributed by atoms with van der Waals surface area (Å²) in [6.45, 7) is 2.18. The number of rotatable bonds is 7. The van der Waals surface area contributed by atoms with Gasteiger partial charge in [0.1, 0.15) is 5.82 Å². The molecule has 0 radical (unpaired) electrons. The molecule has 0 aromatic heterocycles. The molecule has 0 heterocycles. The van der Waals surface area contributed by atoms with Crippen LogP contribution in [0.5, 0.6) is 0 Å². The van der Waals surface area contributed by atoms with Crippen LogP contribution in [0.2, 0.25) is 0 Å². The van der Waals surface area contributed by atoms with Crippen molar-refractivity contribution in [2.75, 3.05) is 0 Å². The minimum absolute atomic E-state index is 0.0614. The van der Waals surface area contributed by atoms with Gasteiger partial charge in [-0.05, 0) is 18.1 Å². The number of halogens is 1. The number of carbonyl (C=O) groups excluding carboxylic acids is 2. The first kappa shape index (κ1) is 16.9. The zero-order valence-electron chi connectivity index (χ0n) is 13.1. The molecule has 2 rings (SSSR count). The van der Waals surface area contributed by atoms with Crippen LogP contribution in [0.1, 0.15) is 41.3 Å². The molecule has 2 aromatic carbocycles. The van der Waals surface area contributed by atoms with Crippen LogP contribution in [0.4, 0.5) is 4.39 Å². The van der Waals surface area contributed by atoms with E-state index >= 15 is 0 Å². The third kappa shape index (κ3) is 5.02. The SMILES string of the molecule is CCc1ccc(C(=O)CCC(=O)NCc2ccccc2F)cc1. The summed E-state index contributed by atoms with van der Waals surface area (Å²) in [5, 5.41) is 2.63. The lowest BCUT2D eigenvalue weighted by Crippen LogP contribution is -2.23. The molecular weight excluding hydrogens is 293 g/mol. The topological polar surface area (TPSA) is 46.2 Å². The predicted molar refractivity (Wildman–Crippen MR) is 87.6 cm³/mol. The number of Topliss-reactive ketones (excluding diaryl/α,β-unsaturated/α-hetero) is 1. The van der Waals surface area contributed by atoms with Gasteiger partial charge in [0.15, 0.2) is 5.78 Å². The van der Waals surface area contributed by atoms with Gasteiger partial charge in [-0.15, -0.1) is 0 Å². The van der Waals surface area contributed by atoms with Crippen molar-refractivity contribution in [3.05, 3.63) is 71.0 Å². The van der Waals surface area contributed by atoms with Gasteiger partial charge in [-0.1, -0.05) is 49.4 Å². The monoisotopic (exact) mass is 313 g/mol. The normalized spacial score (nSPS) is 10.3. The number of nitrogens with one attached hydrogen (secondary N) is 1. The van der Waals surface area contributed by atoms with Gasteiger partial charge in [-0.2, -0.15) is 0 Å². The van der Waals surface area contributed by atoms with Crippen molar-refractivity contribution < 1.29 is 14.0 Å². The first-order chi connectivity index (χ1) is 11.1. The molecule has 1 amide bonds. The smallest absolute Gasteiger partial charge is 0.220 e. The molecule has 3 nitrogen and oxygen atoms in total. The van der Waals surface area contributed by atoms with E-state index in [0.29, 0.717) is 11.1 Å². The van der Waals surface area contributed by atoms with Gasteiger partial charge >= 0.3 is 0 Å². The molecular formula is C19H20FNO2. The van der Waals surface area contributed by atoms with E-state index in [9.17, 15) is 14.0 Å². The van der Waals surface area contributed by atoms with Gasteiger partial charge in [0.25, 0.3) is 0 Å². The summed E-state index contributed by atoms with van der Waals surface area (Å²) in [6.07, 6.45) is 1.17. The minimum atomic E-state index is -0.347. The Bertz CT molecular complexity index is 680. The van der Waals surface area contributed by atoms with Crippen LogP contribution in [0.25, 0.3) is 0 Å². The van der Waals surface area contributed by atoms with E-state index < -0.39 is 0 Å². The highest BCUT2D eigenvalue weighted by Gasteiger charge is 2.10. The van der Waals surface area contributed by atoms with E-state index in [4.69, 9.17) is 0 Å². The summed E-state index contributed by atoms with van der Waals surface area (Å²) < 4.78 is 13.4. The molecule has 0 saturated heterocycles. The second kappa shape index (κ2) is 8.22. The maximum atomic E-state index is 13.4. The summed E-state index contributed by atoms with van der Waals surface area (Å²) in [7, 11) is 0. The summed E-state index contributed by atoms with van der Waals surface area (Å²) in [6, 6.07) is 13.7. The zero-order valence-corrected chi connectivity index (χ0v) is 13.1. The number of ketones is 1. The molecule has 0 saturated carbocycles. The largest absolute Gasteiger partial charge is 0.352 e. The molecule has 4 heteroatoms. The molecule has 23 heavy (non-hydrogen) atoms. The zero-order chi connectivity index (χ0) is 16.7. The molecule has 0 atom stereocenters. The lowest BCUT2D eigenvalue weighted by atomic mass is 10.0. The molecule has 0 aliphatic heterocycles. The van der Waals surface area contributed by atoms with Crippen molar-refractivity contribution in [2.45, 2.75) is 32.7 Å². The maximum Gasteiger partial charge on any atom is 0.220 e. The molecule has 0 unspecified atom stereocenters. The standard InChI is InChI=1S/C19H20FNO2/c1-2-14-7-9-15(10-8-14)18(22)11-12-19(23)21-13-16-5-3-4-6-17(16)20/h3-10H,2,11-13H2,1H3,(H,21,23). The Hall–Kier alpha value is -2.49. The molecule has 0 spiro atoms. The van der Waals surface area contributed by atoms with Crippen molar-refractivity contribution >= 4 is 11.7 Å². The average molecular weight is 313 g/mol. The fourth-order valence-corrected chi connectivity index (χ4v) is 2.22. The number of carbonyl (C=O) groups is 2. The number of hydrogen-bond acceptors (Lipinski definition) is 2. The van der Waals surface area contributed by atoms with Crippen LogP contribution >= 0.6 is 0 Å². The third-order valence-electron chi connectivity index (χ3n) is 3.70. The first-order valence-electron chi connectivity index (χ1n) is 7.72. The van der Waals surface area contributed by atoms with Gasteiger partial charge in [0.05, 0.1) is 0 Å². The Morgan fingerprint density at radius 1 is 1.00 bits per heavy atom. The van der Waals surface area contributed by atoms with E-state index in [2.05, 4.69) is 12.2 Å². The van der Waals surface area contributed by atoms with Gasteiger partial charge in [0.2, 0.25) is 5.91 Å². The third-order valence-corrected chi connectivity index (χ3v) is 3.70. The van der Waals surface area contributed by atoms with E-state index in [0.717, 1.165) is 6.42 Å². The van der Waals surface area contributed by atoms with E-state index in [1.165, 1.54) is 11.6 Å². The first-order valence-corrected chi connectivity index (χ1v) is 7.72. The van der Waals surface area contributed by atoms with E-state index in [1.54, 1.807) is 30.3 Å². The highest BCUT2D eigenvalue weighted by Crippen LogP contribution is 2.09. The van der Waals surface area contributed by atoms with Crippen LogP contribution in [0.3, 0.4) is 0 Å². The molecule has 0 aliphatic carbocycles. The van der Waals surface area contributed by atoms with Crippen molar-refractivity contribution in [3.63, 3.8) is 0 Å². The molecule has 2 aromatic rings. The fraction of sp³-hybridized carbons (Fsp3) is 0.263. The van der Waals surface area contributed by atoms with E-state index in [1.807, 2.05) is 12.1 Å². The molecule has 120 valence electrons. The lowest BCUT2D eigenvalue weighted by molar-refractivity contribution is -0.121. The summed E-state index contributed by atoms with van der Waals surface area (Å²) >= 11 is 0. The minimum Gasteiger partial charge on any atom is -0.352 e. The highest BCUT2D eigenvalue weighted by molar-refractivity contribution is 5.97. The van der Waals surface area contributed by atoms with Crippen LogP contribution in [-0.4, -0.2) is 11.7 Å². The maximum absolute atomic E-state index is 13.4. The Labute approximate surface area is 135 Å². The number of aryl methyl sites for hydroxylation is 1. The summed E-state index contributed by atoms with van der Waals surface area (Å²) in [5.41, 5.74) is 2.22. The number of benzene rings is 2. The van der Waals surface area contributed by atoms with Crippen molar-refractivity contribution in [2.24, 2.45) is 0 Å².